The van der Waals surface area contributed by atoms with E-state index in [1.165, 1.54) is 31.9 Å². The zero-order chi connectivity index (χ0) is 29.3. The molecule has 0 fully saturated rings. The van der Waals surface area contributed by atoms with Gasteiger partial charge in [0.2, 0.25) is 0 Å². The van der Waals surface area contributed by atoms with E-state index in [-0.39, 0.29) is 0 Å². The lowest BCUT2D eigenvalue weighted by Gasteiger charge is -2.34. The Balaban J connectivity index is 1.44. The van der Waals surface area contributed by atoms with Crippen molar-refractivity contribution in [2.75, 3.05) is 0 Å². The summed E-state index contributed by atoms with van der Waals surface area (Å²) in [4.78, 5) is 9.24. The zero-order valence-electron chi connectivity index (χ0n) is 24.1. The van der Waals surface area contributed by atoms with Gasteiger partial charge in [-0.05, 0) is 50.1 Å². The van der Waals surface area contributed by atoms with Gasteiger partial charge in [-0.2, -0.15) is 0 Å². The van der Waals surface area contributed by atoms with Crippen molar-refractivity contribution in [3.63, 3.8) is 0 Å². The molecule has 0 aliphatic heterocycles. The van der Waals surface area contributed by atoms with Gasteiger partial charge in [0.1, 0.15) is 6.33 Å². The summed E-state index contributed by atoms with van der Waals surface area (Å²) in [5.41, 5.74) is 6.63. The van der Waals surface area contributed by atoms with Gasteiger partial charge in [-0.15, -0.1) is 0 Å². The Morgan fingerprint density at radius 2 is 0.977 bits per heavy atom. The molecule has 0 aliphatic rings. The molecule has 0 amide bonds. The molecule has 3 nitrogen and oxygen atoms in total. The van der Waals surface area contributed by atoms with Crippen LogP contribution in [0.25, 0.3) is 38.8 Å². The molecule has 0 aliphatic carbocycles. The van der Waals surface area contributed by atoms with Crippen molar-refractivity contribution >= 4 is 50.8 Å². The molecular formula is C40H29N3Si. The fourth-order valence-electron chi connectivity index (χ4n) is 6.75. The molecule has 2 aromatic heterocycles. The molecule has 44 heavy (non-hydrogen) atoms. The van der Waals surface area contributed by atoms with Gasteiger partial charge in [0.15, 0.2) is 8.07 Å². The summed E-state index contributed by atoms with van der Waals surface area (Å²) in [7, 11) is -2.75. The molecule has 0 saturated heterocycles. The zero-order valence-corrected chi connectivity index (χ0v) is 25.1. The van der Waals surface area contributed by atoms with Crippen LogP contribution in [0, 0.1) is 0 Å². The van der Waals surface area contributed by atoms with E-state index >= 15 is 0 Å². The molecule has 0 N–H and O–H groups in total. The van der Waals surface area contributed by atoms with Crippen LogP contribution in [0.15, 0.2) is 176 Å². The van der Waals surface area contributed by atoms with E-state index in [2.05, 4.69) is 173 Å². The topological polar surface area (TPSA) is 30.7 Å². The monoisotopic (exact) mass is 579 g/mol. The highest BCUT2D eigenvalue weighted by molar-refractivity contribution is 7.20. The molecule has 0 saturated carbocycles. The maximum Gasteiger partial charge on any atom is 0.179 e. The van der Waals surface area contributed by atoms with Crippen LogP contribution in [0.3, 0.4) is 0 Å². The summed E-state index contributed by atoms with van der Waals surface area (Å²) >= 11 is 0. The van der Waals surface area contributed by atoms with Gasteiger partial charge < -0.3 is 4.57 Å². The van der Waals surface area contributed by atoms with Crippen molar-refractivity contribution < 1.29 is 0 Å². The van der Waals surface area contributed by atoms with Crippen LogP contribution in [0.5, 0.6) is 0 Å². The number of aromatic nitrogens is 3. The summed E-state index contributed by atoms with van der Waals surface area (Å²) in [5.74, 6) is 0. The number of hydrogen-bond donors (Lipinski definition) is 0. The van der Waals surface area contributed by atoms with Crippen LogP contribution < -0.4 is 20.7 Å². The number of benzene rings is 6. The Bertz CT molecular complexity index is 2150. The second-order valence-electron chi connectivity index (χ2n) is 11.1. The van der Waals surface area contributed by atoms with Crippen LogP contribution in [0.4, 0.5) is 0 Å². The van der Waals surface area contributed by atoms with E-state index in [1.807, 2.05) is 6.20 Å². The lowest BCUT2D eigenvalue weighted by molar-refractivity contribution is 1.14. The lowest BCUT2D eigenvalue weighted by Crippen LogP contribution is -2.74. The molecule has 0 bridgehead atoms. The van der Waals surface area contributed by atoms with Crippen LogP contribution >= 0.6 is 0 Å². The molecule has 2 heterocycles. The first-order valence-corrected chi connectivity index (χ1v) is 16.9. The van der Waals surface area contributed by atoms with Gasteiger partial charge in [-0.3, -0.25) is 0 Å². The number of nitrogens with zero attached hydrogens (tertiary/aromatic N) is 3. The summed E-state index contributed by atoms with van der Waals surface area (Å²) in [6.45, 7) is 0. The smallest absolute Gasteiger partial charge is 0.179 e. The Kier molecular flexibility index (Phi) is 6.47. The lowest BCUT2D eigenvalue weighted by atomic mass is 10.1. The van der Waals surface area contributed by atoms with Crippen molar-refractivity contribution in [2.45, 2.75) is 0 Å². The summed E-state index contributed by atoms with van der Waals surface area (Å²) in [6.07, 6.45) is 3.58. The Labute approximate surface area is 257 Å². The average Bonchev–Trinajstić information content (AvgIpc) is 3.44. The van der Waals surface area contributed by atoms with E-state index in [1.54, 1.807) is 6.33 Å². The molecule has 0 radical (unpaired) electrons. The predicted octanol–water partition coefficient (Wildman–Crippen LogP) is 6.62. The van der Waals surface area contributed by atoms with Gasteiger partial charge in [0, 0.05) is 11.1 Å². The van der Waals surface area contributed by atoms with Crippen LogP contribution in [-0.2, 0) is 0 Å². The first kappa shape index (κ1) is 26.1. The van der Waals surface area contributed by atoms with E-state index in [9.17, 15) is 0 Å². The highest BCUT2D eigenvalue weighted by Crippen LogP contribution is 2.30. The van der Waals surface area contributed by atoms with E-state index < -0.39 is 8.07 Å². The molecule has 0 unspecified atom stereocenters. The van der Waals surface area contributed by atoms with E-state index in [0.717, 1.165) is 27.6 Å². The first-order chi connectivity index (χ1) is 21.8. The minimum absolute atomic E-state index is 0.962. The minimum atomic E-state index is -2.75. The van der Waals surface area contributed by atoms with Crippen LogP contribution in [0.2, 0.25) is 0 Å². The Hall–Kier alpha value is -5.58. The standard InChI is InChI=1S/C40H29N3Si/c1-5-13-30(14-6-1)31-21-23-35(24-22-31)44(33-17-9-3-10-18-33,34-19-11-4-12-20-34)36-25-26-38-37(27-36)40-39(28-41-29-42-40)43(38)32-15-7-2-8-16-32/h1-29H. The number of hydrogen-bond acceptors (Lipinski definition) is 2. The number of rotatable bonds is 6. The third kappa shape index (κ3) is 4.19. The quantitative estimate of drug-likeness (QED) is 0.164. The molecule has 8 rings (SSSR count). The molecule has 208 valence electrons. The molecular weight excluding hydrogens is 551 g/mol. The fourth-order valence-corrected chi connectivity index (χ4v) is 11.5. The maximum atomic E-state index is 4.83. The maximum absolute atomic E-state index is 4.83. The van der Waals surface area contributed by atoms with Gasteiger partial charge in [0.05, 0.1) is 22.7 Å². The van der Waals surface area contributed by atoms with Gasteiger partial charge >= 0.3 is 0 Å². The Morgan fingerprint density at radius 1 is 0.455 bits per heavy atom. The molecule has 8 aromatic rings. The second kappa shape index (κ2) is 10.9. The number of fused-ring (bicyclic) bond motifs is 3. The normalized spacial score (nSPS) is 11.6. The highest BCUT2D eigenvalue weighted by Gasteiger charge is 2.41. The predicted molar refractivity (Wildman–Crippen MR) is 185 cm³/mol. The summed E-state index contributed by atoms with van der Waals surface area (Å²) < 4.78 is 2.28. The SMILES string of the molecule is c1ccc(-c2ccc([Si](c3ccccc3)(c3ccccc3)c3ccc4c(c3)c3ncncc3n4-c3ccccc3)cc2)cc1. The van der Waals surface area contributed by atoms with Crippen LogP contribution in [0.1, 0.15) is 0 Å². The van der Waals surface area contributed by atoms with Crippen LogP contribution in [-0.4, -0.2) is 22.6 Å². The fraction of sp³-hybridized carbons (Fsp3) is 0. The summed E-state index contributed by atoms with van der Waals surface area (Å²) in [5, 5.41) is 6.49. The molecule has 6 aromatic carbocycles. The van der Waals surface area contributed by atoms with Crippen molar-refractivity contribution in [1.29, 1.82) is 0 Å². The van der Waals surface area contributed by atoms with Crippen molar-refractivity contribution in [3.8, 4) is 16.8 Å². The van der Waals surface area contributed by atoms with Gasteiger partial charge in [0.25, 0.3) is 0 Å². The Morgan fingerprint density at radius 3 is 1.61 bits per heavy atom. The average molecular weight is 580 g/mol. The first-order valence-electron chi connectivity index (χ1n) is 14.9. The largest absolute Gasteiger partial charge is 0.306 e. The summed E-state index contributed by atoms with van der Waals surface area (Å²) in [6, 6.07) is 59.6. The second-order valence-corrected chi connectivity index (χ2v) is 14.9. The third-order valence-electron chi connectivity index (χ3n) is 8.71. The van der Waals surface area contributed by atoms with E-state index in [0.29, 0.717) is 0 Å². The number of para-hydroxylation sites is 1. The van der Waals surface area contributed by atoms with Crippen molar-refractivity contribution in [3.05, 3.63) is 176 Å². The molecule has 0 atom stereocenters. The molecule has 4 heteroatoms. The van der Waals surface area contributed by atoms with Gasteiger partial charge in [-0.1, -0.05) is 146 Å². The minimum Gasteiger partial charge on any atom is -0.306 e. The highest BCUT2D eigenvalue weighted by atomic mass is 28.3. The molecule has 0 spiro atoms. The third-order valence-corrected chi connectivity index (χ3v) is 13.5. The van der Waals surface area contributed by atoms with Gasteiger partial charge in [-0.25, -0.2) is 9.97 Å². The van der Waals surface area contributed by atoms with E-state index in [4.69, 9.17) is 4.98 Å². The van der Waals surface area contributed by atoms with Crippen molar-refractivity contribution in [2.24, 2.45) is 0 Å². The van der Waals surface area contributed by atoms with Crippen molar-refractivity contribution in [1.82, 2.24) is 14.5 Å².